The Labute approximate surface area is 102 Å². The Kier molecular flexibility index (Phi) is 2.19. The lowest BCUT2D eigenvalue weighted by atomic mass is 9.63. The molecule has 5 atom stereocenters. The molecular weight excluding hydrogens is 216 g/mol. The van der Waals surface area contributed by atoms with Gasteiger partial charge in [-0.15, -0.1) is 0 Å². The third kappa shape index (κ3) is 1.39. The van der Waals surface area contributed by atoms with Crippen LogP contribution in [0.4, 0.5) is 0 Å². The van der Waals surface area contributed by atoms with Crippen LogP contribution in [0.5, 0.6) is 0 Å². The summed E-state index contributed by atoms with van der Waals surface area (Å²) in [5.74, 6) is 1.61. The maximum absolute atomic E-state index is 11.8. The van der Waals surface area contributed by atoms with Gasteiger partial charge in [0.05, 0.1) is 6.10 Å². The second-order valence-electron chi connectivity index (χ2n) is 6.17. The summed E-state index contributed by atoms with van der Waals surface area (Å²) in [6.07, 6.45) is 8.23. The number of carbonyl (C=O) groups excluding carboxylic acids is 1. The summed E-state index contributed by atoms with van der Waals surface area (Å²) in [5, 5.41) is 0. The highest BCUT2D eigenvalue weighted by Gasteiger charge is 2.69. The molecule has 0 aromatic heterocycles. The summed E-state index contributed by atoms with van der Waals surface area (Å²) >= 11 is 0. The minimum atomic E-state index is -0.0375. The van der Waals surface area contributed by atoms with E-state index in [0.29, 0.717) is 23.7 Å². The summed E-state index contributed by atoms with van der Waals surface area (Å²) in [6, 6.07) is 0. The Balaban J connectivity index is 1.59. The fourth-order valence-electron chi connectivity index (χ4n) is 4.63. The highest BCUT2D eigenvalue weighted by molar-refractivity contribution is 5.88. The number of Topliss-reactive ketones (excluding diaryl/α,β-unsaturated/α-hetero) is 1. The first-order chi connectivity index (χ1) is 8.31. The van der Waals surface area contributed by atoms with Gasteiger partial charge in [0.25, 0.3) is 0 Å². The molecule has 2 saturated heterocycles. The number of epoxide rings is 1. The summed E-state index contributed by atoms with van der Waals surface area (Å²) in [7, 11) is 0. The van der Waals surface area contributed by atoms with Crippen molar-refractivity contribution in [3.63, 3.8) is 0 Å². The lowest BCUT2D eigenvalue weighted by molar-refractivity contribution is -0.122. The van der Waals surface area contributed by atoms with Crippen molar-refractivity contribution in [3.05, 3.63) is 0 Å². The Morgan fingerprint density at radius 2 is 2.12 bits per heavy atom. The van der Waals surface area contributed by atoms with E-state index in [1.54, 1.807) is 0 Å². The number of hydrogen-bond donors (Lipinski definition) is 0. The van der Waals surface area contributed by atoms with Crippen molar-refractivity contribution in [2.75, 3.05) is 6.61 Å². The van der Waals surface area contributed by atoms with E-state index in [1.165, 1.54) is 25.7 Å². The van der Waals surface area contributed by atoms with Gasteiger partial charge < -0.3 is 9.47 Å². The van der Waals surface area contributed by atoms with Gasteiger partial charge >= 0.3 is 0 Å². The second kappa shape index (κ2) is 3.55. The molecular formula is C14H20O3. The molecule has 0 bridgehead atoms. The molecule has 1 spiro atoms. The third-order valence-corrected chi connectivity index (χ3v) is 5.41. The minimum Gasteiger partial charge on any atom is -0.378 e. The molecule has 0 aromatic rings. The lowest BCUT2D eigenvalue weighted by Gasteiger charge is -2.41. The summed E-state index contributed by atoms with van der Waals surface area (Å²) in [4.78, 5) is 11.8. The van der Waals surface area contributed by atoms with Crippen LogP contribution in [-0.4, -0.2) is 30.2 Å². The molecule has 0 radical (unpaired) electrons. The molecule has 4 rings (SSSR count). The first kappa shape index (κ1) is 10.5. The molecule has 3 nitrogen and oxygen atoms in total. The minimum absolute atomic E-state index is 0.0366. The van der Waals surface area contributed by atoms with Crippen molar-refractivity contribution in [1.29, 1.82) is 0 Å². The number of ketones is 1. The van der Waals surface area contributed by atoms with Crippen LogP contribution in [0.25, 0.3) is 0 Å². The Morgan fingerprint density at radius 1 is 1.18 bits per heavy atom. The first-order valence-electron chi connectivity index (χ1n) is 7.13. The molecule has 2 aliphatic heterocycles. The van der Waals surface area contributed by atoms with E-state index in [-0.39, 0.29) is 11.7 Å². The standard InChI is InChI=1S/C14H20O3/c15-11-6-5-10-9(12-4-2-8-16-12)3-1-7-14(10)13(11)17-14/h9-10,12-13H,1-8H2/t9-,10-,12?,13+,14-/m1/s1. The van der Waals surface area contributed by atoms with Crippen LogP contribution in [0.2, 0.25) is 0 Å². The van der Waals surface area contributed by atoms with Crippen LogP contribution in [0.15, 0.2) is 0 Å². The smallest absolute Gasteiger partial charge is 0.164 e. The van der Waals surface area contributed by atoms with E-state index in [0.717, 1.165) is 25.9 Å². The van der Waals surface area contributed by atoms with Crippen molar-refractivity contribution in [2.45, 2.75) is 62.8 Å². The highest BCUT2D eigenvalue weighted by atomic mass is 16.6. The quantitative estimate of drug-likeness (QED) is 0.654. The van der Waals surface area contributed by atoms with Crippen molar-refractivity contribution < 1.29 is 14.3 Å². The van der Waals surface area contributed by atoms with Gasteiger partial charge in [0.2, 0.25) is 0 Å². The number of carbonyl (C=O) groups is 1. The second-order valence-corrected chi connectivity index (χ2v) is 6.17. The Hall–Kier alpha value is -0.410. The van der Waals surface area contributed by atoms with Crippen LogP contribution >= 0.6 is 0 Å². The molecule has 3 heteroatoms. The van der Waals surface area contributed by atoms with Gasteiger partial charge in [-0.25, -0.2) is 0 Å². The van der Waals surface area contributed by atoms with E-state index >= 15 is 0 Å². The molecule has 94 valence electrons. The topological polar surface area (TPSA) is 38.8 Å². The van der Waals surface area contributed by atoms with Gasteiger partial charge in [0.1, 0.15) is 11.7 Å². The van der Waals surface area contributed by atoms with E-state index in [1.807, 2.05) is 0 Å². The molecule has 4 aliphatic rings. The van der Waals surface area contributed by atoms with E-state index in [4.69, 9.17) is 9.47 Å². The van der Waals surface area contributed by atoms with Gasteiger partial charge in [-0.1, -0.05) is 6.42 Å². The molecule has 0 amide bonds. The lowest BCUT2D eigenvalue weighted by Crippen LogP contribution is -2.46. The van der Waals surface area contributed by atoms with Crippen molar-refractivity contribution in [1.82, 2.24) is 0 Å². The van der Waals surface area contributed by atoms with Gasteiger partial charge in [-0.3, -0.25) is 4.79 Å². The van der Waals surface area contributed by atoms with E-state index in [2.05, 4.69) is 0 Å². The number of ether oxygens (including phenoxy) is 2. The molecule has 2 heterocycles. The van der Waals surface area contributed by atoms with Gasteiger partial charge in [0.15, 0.2) is 5.78 Å². The van der Waals surface area contributed by atoms with Crippen molar-refractivity contribution in [3.8, 4) is 0 Å². The zero-order chi connectivity index (χ0) is 11.5. The number of hydrogen-bond acceptors (Lipinski definition) is 3. The van der Waals surface area contributed by atoms with E-state index < -0.39 is 0 Å². The molecule has 2 saturated carbocycles. The zero-order valence-electron chi connectivity index (χ0n) is 10.2. The monoisotopic (exact) mass is 236 g/mol. The van der Waals surface area contributed by atoms with Gasteiger partial charge in [-0.05, 0) is 43.9 Å². The van der Waals surface area contributed by atoms with Crippen LogP contribution < -0.4 is 0 Å². The average molecular weight is 236 g/mol. The first-order valence-corrected chi connectivity index (χ1v) is 7.13. The normalized spacial score (nSPS) is 53.1. The van der Waals surface area contributed by atoms with Crippen LogP contribution in [0.1, 0.15) is 44.9 Å². The van der Waals surface area contributed by atoms with Gasteiger partial charge in [-0.2, -0.15) is 0 Å². The SMILES string of the molecule is O=C1CC[C@@H]2[C@H](C3CCCO3)CCC[C@@]23O[C@@H]13. The summed E-state index contributed by atoms with van der Waals surface area (Å²) in [6.45, 7) is 0.935. The predicted octanol–water partition coefficient (Wildman–Crippen LogP) is 2.08. The largest absolute Gasteiger partial charge is 0.378 e. The predicted molar refractivity (Wildman–Crippen MR) is 61.7 cm³/mol. The molecule has 0 N–H and O–H groups in total. The molecule has 4 fully saturated rings. The van der Waals surface area contributed by atoms with Crippen LogP contribution in [0, 0.1) is 11.8 Å². The molecule has 17 heavy (non-hydrogen) atoms. The maximum atomic E-state index is 11.8. The van der Waals surface area contributed by atoms with Crippen molar-refractivity contribution >= 4 is 5.78 Å². The summed E-state index contributed by atoms with van der Waals surface area (Å²) < 4.78 is 11.8. The zero-order valence-corrected chi connectivity index (χ0v) is 10.2. The number of rotatable bonds is 1. The fourth-order valence-corrected chi connectivity index (χ4v) is 4.63. The molecule has 1 unspecified atom stereocenters. The Bertz CT molecular complexity index is 347. The van der Waals surface area contributed by atoms with Crippen LogP contribution in [0.3, 0.4) is 0 Å². The molecule has 2 aliphatic carbocycles. The fraction of sp³-hybridized carbons (Fsp3) is 0.929. The van der Waals surface area contributed by atoms with E-state index in [9.17, 15) is 4.79 Å². The average Bonchev–Trinajstić information content (AvgIpc) is 2.85. The summed E-state index contributed by atoms with van der Waals surface area (Å²) in [5.41, 5.74) is -0.0375. The third-order valence-electron chi connectivity index (χ3n) is 5.41. The highest BCUT2D eigenvalue weighted by Crippen LogP contribution is 2.59. The molecule has 0 aromatic carbocycles. The van der Waals surface area contributed by atoms with Crippen molar-refractivity contribution in [2.24, 2.45) is 11.8 Å². The Morgan fingerprint density at radius 3 is 2.94 bits per heavy atom. The maximum Gasteiger partial charge on any atom is 0.164 e. The van der Waals surface area contributed by atoms with Crippen LogP contribution in [-0.2, 0) is 14.3 Å². The van der Waals surface area contributed by atoms with Gasteiger partial charge in [0, 0.05) is 13.0 Å².